The second kappa shape index (κ2) is 10.1. The summed E-state index contributed by atoms with van der Waals surface area (Å²) in [4.78, 5) is 8.48. The molecule has 0 aromatic carbocycles. The molecule has 8 heteroatoms. The summed E-state index contributed by atoms with van der Waals surface area (Å²) in [5.74, 6) is 1.47. The number of hydrogen-bond donors (Lipinski definition) is 2. The molecule has 1 fully saturated rings. The fourth-order valence-electron chi connectivity index (χ4n) is 3.15. The fraction of sp³-hybridized carbons (Fsp3) is 0.750. The molecule has 28 heavy (non-hydrogen) atoms. The van der Waals surface area contributed by atoms with Crippen LogP contribution in [0.2, 0.25) is 0 Å². The quantitative estimate of drug-likeness (QED) is 0.492. The molecule has 6 nitrogen and oxygen atoms in total. The zero-order valence-electron chi connectivity index (χ0n) is 17.9. The topological polar surface area (TPSA) is 73.8 Å². The molecule has 1 aromatic heterocycles. The Kier molecular flexibility index (Phi) is 8.33. The van der Waals surface area contributed by atoms with Crippen molar-refractivity contribution in [3.63, 3.8) is 0 Å². The first-order valence-corrected chi connectivity index (χ1v) is 12.9. The molecule has 1 aliphatic rings. The molecule has 160 valence electrons. The van der Waals surface area contributed by atoms with E-state index >= 15 is 0 Å². The lowest BCUT2D eigenvalue weighted by Crippen LogP contribution is -2.45. The van der Waals surface area contributed by atoms with Crippen LogP contribution in [0.15, 0.2) is 22.5 Å². The maximum atomic E-state index is 12.0. The lowest BCUT2D eigenvalue weighted by molar-refractivity contribution is 0.140. The number of hydrogen-bond acceptors (Lipinski definition) is 5. The molecule has 2 heterocycles. The number of nitrogens with one attached hydrogen (secondary N) is 2. The van der Waals surface area contributed by atoms with Gasteiger partial charge in [0.15, 0.2) is 15.8 Å². The van der Waals surface area contributed by atoms with Crippen LogP contribution in [0.5, 0.6) is 0 Å². The second-order valence-electron chi connectivity index (χ2n) is 8.36. The molecule has 0 aliphatic carbocycles. The minimum absolute atomic E-state index is 0.228. The maximum Gasteiger partial charge on any atom is 0.191 e. The Balaban J connectivity index is 2.08. The van der Waals surface area contributed by atoms with Gasteiger partial charge in [0.2, 0.25) is 0 Å². The summed E-state index contributed by atoms with van der Waals surface area (Å²) in [5.41, 5.74) is 0. The zero-order chi connectivity index (χ0) is 20.8. The van der Waals surface area contributed by atoms with Gasteiger partial charge in [-0.2, -0.15) is 0 Å². The summed E-state index contributed by atoms with van der Waals surface area (Å²) in [5, 5.41) is 8.82. The van der Waals surface area contributed by atoms with Crippen molar-refractivity contribution >= 4 is 27.1 Å². The molecule has 1 atom stereocenters. The SMILES string of the molecule is CCNC(=NCC(C)(C)S(C)(=O)=O)NCC(c1cccs1)N1CCC(C)CC1. The van der Waals surface area contributed by atoms with Gasteiger partial charge in [-0.1, -0.05) is 13.0 Å². The fourth-order valence-corrected chi connectivity index (χ4v) is 4.31. The van der Waals surface area contributed by atoms with Gasteiger partial charge in [0.1, 0.15) is 0 Å². The van der Waals surface area contributed by atoms with Gasteiger partial charge < -0.3 is 10.6 Å². The van der Waals surface area contributed by atoms with Crippen molar-refractivity contribution in [1.82, 2.24) is 15.5 Å². The van der Waals surface area contributed by atoms with Crippen LogP contribution in [0.1, 0.15) is 51.5 Å². The summed E-state index contributed by atoms with van der Waals surface area (Å²) in [6.07, 6.45) is 3.74. The highest BCUT2D eigenvalue weighted by Crippen LogP contribution is 2.29. The molecular formula is C20H36N4O2S2. The highest BCUT2D eigenvalue weighted by atomic mass is 32.2. The normalized spacial score (nSPS) is 18.8. The minimum atomic E-state index is -3.17. The van der Waals surface area contributed by atoms with E-state index in [0.29, 0.717) is 12.0 Å². The first-order chi connectivity index (χ1) is 13.1. The summed E-state index contributed by atoms with van der Waals surface area (Å²) in [6.45, 7) is 11.7. The van der Waals surface area contributed by atoms with E-state index in [0.717, 1.165) is 32.1 Å². The molecule has 0 bridgehead atoms. The van der Waals surface area contributed by atoms with Gasteiger partial charge in [0, 0.05) is 24.2 Å². The Morgan fingerprint density at radius 2 is 2.04 bits per heavy atom. The number of rotatable bonds is 8. The van der Waals surface area contributed by atoms with Crippen molar-refractivity contribution in [1.29, 1.82) is 0 Å². The first-order valence-electron chi connectivity index (χ1n) is 10.1. The van der Waals surface area contributed by atoms with E-state index in [1.165, 1.54) is 24.0 Å². The number of thiophene rings is 1. The smallest absolute Gasteiger partial charge is 0.191 e. The van der Waals surface area contributed by atoms with Gasteiger partial charge >= 0.3 is 0 Å². The van der Waals surface area contributed by atoms with Gasteiger partial charge in [-0.25, -0.2) is 8.42 Å². The molecule has 0 radical (unpaired) electrons. The van der Waals surface area contributed by atoms with Gasteiger partial charge in [0.05, 0.1) is 17.3 Å². The van der Waals surface area contributed by atoms with E-state index in [1.54, 1.807) is 25.2 Å². The van der Waals surface area contributed by atoms with E-state index in [2.05, 4.69) is 45.0 Å². The van der Waals surface area contributed by atoms with Crippen LogP contribution < -0.4 is 10.6 Å². The van der Waals surface area contributed by atoms with Crippen LogP contribution >= 0.6 is 11.3 Å². The average Bonchev–Trinajstić information content (AvgIpc) is 3.14. The molecule has 1 aromatic rings. The lowest BCUT2D eigenvalue weighted by atomic mass is 9.97. The molecule has 1 aliphatic heterocycles. The Morgan fingerprint density at radius 3 is 2.57 bits per heavy atom. The molecule has 1 unspecified atom stereocenters. The number of nitrogens with zero attached hydrogens (tertiary/aromatic N) is 2. The van der Waals surface area contributed by atoms with E-state index in [1.807, 2.05) is 6.92 Å². The number of aliphatic imine (C=N–C) groups is 1. The standard InChI is InChI=1S/C20H36N4O2S2/c1-6-21-19(23-15-20(3,4)28(5,25)26)22-14-17(18-8-7-13-27-18)24-11-9-16(2)10-12-24/h7-8,13,16-17H,6,9-12,14-15H2,1-5H3,(H2,21,22,23). The Morgan fingerprint density at radius 1 is 1.36 bits per heavy atom. The molecule has 1 saturated heterocycles. The third kappa shape index (κ3) is 6.46. The Labute approximate surface area is 174 Å². The molecule has 0 saturated carbocycles. The molecule has 0 spiro atoms. The molecule has 0 amide bonds. The third-order valence-corrected chi connectivity index (χ3v) is 8.67. The minimum Gasteiger partial charge on any atom is -0.357 e. The summed E-state index contributed by atoms with van der Waals surface area (Å²) in [7, 11) is -3.17. The zero-order valence-corrected chi connectivity index (χ0v) is 19.5. The Hall–Kier alpha value is -1.12. The summed E-state index contributed by atoms with van der Waals surface area (Å²) >= 11 is 1.79. The predicted molar refractivity (Wildman–Crippen MR) is 120 cm³/mol. The van der Waals surface area contributed by atoms with Crippen molar-refractivity contribution in [2.75, 3.05) is 39.0 Å². The van der Waals surface area contributed by atoms with E-state index in [-0.39, 0.29) is 6.54 Å². The van der Waals surface area contributed by atoms with E-state index < -0.39 is 14.6 Å². The predicted octanol–water partition coefficient (Wildman–Crippen LogP) is 2.90. The molecule has 2 N–H and O–H groups in total. The number of sulfone groups is 1. The monoisotopic (exact) mass is 428 g/mol. The van der Waals surface area contributed by atoms with Crippen LogP contribution in [0.25, 0.3) is 0 Å². The van der Waals surface area contributed by atoms with Crippen LogP contribution in [-0.4, -0.2) is 63.0 Å². The van der Waals surface area contributed by atoms with Gasteiger partial charge in [-0.3, -0.25) is 9.89 Å². The molecular weight excluding hydrogens is 392 g/mol. The third-order valence-electron chi connectivity index (χ3n) is 5.56. The Bertz CT molecular complexity index is 721. The van der Waals surface area contributed by atoms with E-state index in [9.17, 15) is 8.42 Å². The molecule has 2 rings (SSSR count). The van der Waals surface area contributed by atoms with Gasteiger partial charge in [-0.15, -0.1) is 11.3 Å². The number of guanidine groups is 1. The van der Waals surface area contributed by atoms with Crippen LogP contribution in [0.3, 0.4) is 0 Å². The van der Waals surface area contributed by atoms with Crippen molar-refractivity contribution in [3.05, 3.63) is 22.4 Å². The average molecular weight is 429 g/mol. The van der Waals surface area contributed by atoms with Crippen molar-refractivity contribution in [2.45, 2.75) is 51.3 Å². The van der Waals surface area contributed by atoms with Gasteiger partial charge in [-0.05, 0) is 64.1 Å². The number of likely N-dealkylation sites (tertiary alicyclic amines) is 1. The van der Waals surface area contributed by atoms with Crippen molar-refractivity contribution in [3.8, 4) is 0 Å². The van der Waals surface area contributed by atoms with Crippen molar-refractivity contribution in [2.24, 2.45) is 10.9 Å². The van der Waals surface area contributed by atoms with Crippen molar-refractivity contribution < 1.29 is 8.42 Å². The number of piperidine rings is 1. The highest BCUT2D eigenvalue weighted by Gasteiger charge is 2.30. The van der Waals surface area contributed by atoms with E-state index in [4.69, 9.17) is 0 Å². The lowest BCUT2D eigenvalue weighted by Gasteiger charge is -2.36. The highest BCUT2D eigenvalue weighted by molar-refractivity contribution is 7.92. The second-order valence-corrected chi connectivity index (χ2v) is 12.0. The maximum absolute atomic E-state index is 12.0. The van der Waals surface area contributed by atoms with Crippen LogP contribution in [0, 0.1) is 5.92 Å². The van der Waals surface area contributed by atoms with Crippen LogP contribution in [-0.2, 0) is 9.84 Å². The first kappa shape index (κ1) is 23.2. The van der Waals surface area contributed by atoms with Crippen LogP contribution in [0.4, 0.5) is 0 Å². The summed E-state index contributed by atoms with van der Waals surface area (Å²) in [6, 6.07) is 4.61. The largest absolute Gasteiger partial charge is 0.357 e. The van der Waals surface area contributed by atoms with Gasteiger partial charge in [0.25, 0.3) is 0 Å². The summed E-state index contributed by atoms with van der Waals surface area (Å²) < 4.78 is 23.0.